The molecule has 1 unspecified atom stereocenters. The second kappa shape index (κ2) is 5.78. The Morgan fingerprint density at radius 3 is 2.79 bits per heavy atom. The summed E-state index contributed by atoms with van der Waals surface area (Å²) in [5.41, 5.74) is 5.81. The van der Waals surface area contributed by atoms with E-state index in [2.05, 4.69) is 19.9 Å². The molecule has 3 aliphatic rings. The lowest BCUT2D eigenvalue weighted by Gasteiger charge is -2.33. The summed E-state index contributed by atoms with van der Waals surface area (Å²) < 4.78 is 5.44. The van der Waals surface area contributed by atoms with Crippen molar-refractivity contribution in [2.24, 2.45) is 5.41 Å². The Labute approximate surface area is 142 Å². The predicted molar refractivity (Wildman–Crippen MR) is 92.1 cm³/mol. The summed E-state index contributed by atoms with van der Waals surface area (Å²) in [5, 5.41) is 10.9. The summed E-state index contributed by atoms with van der Waals surface area (Å²) in [6.45, 7) is 5.39. The molecule has 1 spiro atoms. The van der Waals surface area contributed by atoms with E-state index in [0.29, 0.717) is 18.8 Å². The number of rotatable bonds is 3. The molecule has 4 rings (SSSR count). The first kappa shape index (κ1) is 16.0. The summed E-state index contributed by atoms with van der Waals surface area (Å²) >= 11 is 0. The minimum Gasteiger partial charge on any atom is -0.388 e. The number of pyridine rings is 1. The molecule has 128 valence electrons. The van der Waals surface area contributed by atoms with Gasteiger partial charge in [0.05, 0.1) is 25.0 Å². The first-order chi connectivity index (χ1) is 11.5. The van der Waals surface area contributed by atoms with Gasteiger partial charge >= 0.3 is 0 Å². The Morgan fingerprint density at radius 2 is 2.21 bits per heavy atom. The van der Waals surface area contributed by atoms with Crippen molar-refractivity contribution in [3.05, 3.63) is 34.2 Å². The lowest BCUT2D eigenvalue weighted by Crippen LogP contribution is -2.25. The molecule has 0 radical (unpaired) electrons. The Bertz CT molecular complexity index is 716. The molecule has 1 N–H and O–H groups in total. The van der Waals surface area contributed by atoms with Crippen molar-refractivity contribution in [2.75, 3.05) is 13.2 Å². The van der Waals surface area contributed by atoms with Crippen LogP contribution in [0.25, 0.3) is 5.57 Å². The van der Waals surface area contributed by atoms with Crippen molar-refractivity contribution in [2.45, 2.75) is 58.0 Å². The van der Waals surface area contributed by atoms with Crippen LogP contribution in [0.3, 0.4) is 0 Å². The number of nitrogens with zero attached hydrogens (tertiary/aromatic N) is 1. The summed E-state index contributed by atoms with van der Waals surface area (Å²) in [6.07, 6.45) is 7.38. The van der Waals surface area contributed by atoms with Crippen LogP contribution in [0.1, 0.15) is 84.4 Å². The number of aliphatic hydroxyl groups excluding tert-OH is 1. The average Bonchev–Trinajstić information content (AvgIpc) is 3.32. The number of aliphatic hydroxyl groups is 1. The number of carbonyl (C=O) groups is 1. The van der Waals surface area contributed by atoms with Crippen molar-refractivity contribution in [3.8, 4) is 0 Å². The third-order valence-electron chi connectivity index (χ3n) is 5.79. The minimum absolute atomic E-state index is 0.184. The van der Waals surface area contributed by atoms with Crippen LogP contribution in [0, 0.1) is 5.41 Å². The molecule has 4 heteroatoms. The van der Waals surface area contributed by atoms with E-state index in [1.54, 1.807) is 0 Å². The molecule has 0 aromatic carbocycles. The van der Waals surface area contributed by atoms with E-state index >= 15 is 0 Å². The number of hydrogen-bond donors (Lipinski definition) is 1. The molecule has 2 aliphatic carbocycles. The summed E-state index contributed by atoms with van der Waals surface area (Å²) in [6, 6.07) is 0. The van der Waals surface area contributed by atoms with Gasteiger partial charge in [0.1, 0.15) is 0 Å². The van der Waals surface area contributed by atoms with Gasteiger partial charge < -0.3 is 9.84 Å². The first-order valence-electron chi connectivity index (χ1n) is 9.02. The van der Waals surface area contributed by atoms with E-state index in [9.17, 15) is 9.90 Å². The van der Waals surface area contributed by atoms with E-state index in [1.807, 2.05) is 0 Å². The molecular formula is C20H25NO3. The van der Waals surface area contributed by atoms with Crippen LogP contribution in [0.4, 0.5) is 0 Å². The van der Waals surface area contributed by atoms with Crippen LogP contribution >= 0.6 is 0 Å². The van der Waals surface area contributed by atoms with Gasteiger partial charge in [-0.15, -0.1) is 0 Å². The van der Waals surface area contributed by atoms with Crippen LogP contribution in [-0.4, -0.2) is 29.6 Å². The minimum atomic E-state index is -0.512. The number of carbonyl (C=O) groups excluding carboxylic acids is 1. The molecule has 1 atom stereocenters. The third-order valence-corrected chi connectivity index (χ3v) is 5.79. The summed E-state index contributed by atoms with van der Waals surface area (Å²) in [5.74, 6) is 0.184. The Balaban J connectivity index is 1.96. The van der Waals surface area contributed by atoms with Crippen LogP contribution in [0.5, 0.6) is 0 Å². The van der Waals surface area contributed by atoms with Crippen LogP contribution in [-0.2, 0) is 11.2 Å². The average molecular weight is 327 g/mol. The van der Waals surface area contributed by atoms with Gasteiger partial charge in [-0.3, -0.25) is 9.78 Å². The molecule has 0 amide bonds. The van der Waals surface area contributed by atoms with E-state index < -0.39 is 6.10 Å². The lowest BCUT2D eigenvalue weighted by molar-refractivity contribution is 0.111. The maximum Gasteiger partial charge on any atom is 0.152 e. The van der Waals surface area contributed by atoms with Crippen molar-refractivity contribution < 1.29 is 14.6 Å². The van der Waals surface area contributed by atoms with E-state index in [1.165, 1.54) is 12.8 Å². The Morgan fingerprint density at radius 1 is 1.42 bits per heavy atom. The first-order valence-corrected chi connectivity index (χ1v) is 9.02. The molecule has 24 heavy (non-hydrogen) atoms. The number of hydrogen-bond acceptors (Lipinski definition) is 4. The smallest absolute Gasteiger partial charge is 0.152 e. The van der Waals surface area contributed by atoms with Gasteiger partial charge in [0.25, 0.3) is 0 Å². The topological polar surface area (TPSA) is 59.4 Å². The Kier molecular flexibility index (Phi) is 3.85. The van der Waals surface area contributed by atoms with E-state index in [0.717, 1.165) is 53.6 Å². The maximum absolute atomic E-state index is 11.9. The fourth-order valence-electron chi connectivity index (χ4n) is 4.33. The monoisotopic (exact) mass is 327 g/mol. The highest BCUT2D eigenvalue weighted by Gasteiger charge is 2.49. The molecule has 2 heterocycles. The predicted octanol–water partition coefficient (Wildman–Crippen LogP) is 3.58. The van der Waals surface area contributed by atoms with Gasteiger partial charge in [-0.2, -0.15) is 0 Å². The van der Waals surface area contributed by atoms with Gasteiger partial charge in [-0.1, -0.05) is 19.9 Å². The SMILES string of the molecule is CC(C)c1nc2c(c(C3=CCOCC3)c1C=O)C(O)CC1(CC1)C2. The second-order valence-electron chi connectivity index (χ2n) is 7.87. The fraction of sp³-hybridized carbons (Fsp3) is 0.600. The molecule has 1 fully saturated rings. The molecule has 0 saturated heterocycles. The highest BCUT2D eigenvalue weighted by Crippen LogP contribution is 2.58. The van der Waals surface area contributed by atoms with Crippen molar-refractivity contribution in [3.63, 3.8) is 0 Å². The zero-order valence-electron chi connectivity index (χ0n) is 14.5. The van der Waals surface area contributed by atoms with Gasteiger partial charge in [0.15, 0.2) is 6.29 Å². The largest absolute Gasteiger partial charge is 0.388 e. The molecule has 1 aromatic rings. The number of aromatic nitrogens is 1. The zero-order chi connectivity index (χ0) is 16.9. The number of ether oxygens (including phenoxy) is 1. The van der Waals surface area contributed by atoms with Gasteiger partial charge in [-0.25, -0.2) is 0 Å². The molecule has 1 aromatic heterocycles. The summed E-state index contributed by atoms with van der Waals surface area (Å²) in [4.78, 5) is 16.8. The molecular weight excluding hydrogens is 302 g/mol. The van der Waals surface area contributed by atoms with Gasteiger partial charge in [0.2, 0.25) is 0 Å². The highest BCUT2D eigenvalue weighted by molar-refractivity contribution is 5.89. The normalized spacial score (nSPS) is 24.7. The molecule has 1 saturated carbocycles. The van der Waals surface area contributed by atoms with Crippen molar-refractivity contribution >= 4 is 11.9 Å². The highest BCUT2D eigenvalue weighted by atomic mass is 16.5. The molecule has 4 nitrogen and oxygen atoms in total. The van der Waals surface area contributed by atoms with Crippen molar-refractivity contribution in [1.29, 1.82) is 0 Å². The van der Waals surface area contributed by atoms with Crippen LogP contribution in [0.2, 0.25) is 0 Å². The zero-order valence-corrected chi connectivity index (χ0v) is 14.5. The molecule has 1 aliphatic heterocycles. The van der Waals surface area contributed by atoms with Gasteiger partial charge in [-0.05, 0) is 54.6 Å². The van der Waals surface area contributed by atoms with E-state index in [4.69, 9.17) is 9.72 Å². The number of aldehydes is 1. The van der Waals surface area contributed by atoms with Gasteiger partial charge in [0, 0.05) is 16.8 Å². The third kappa shape index (κ3) is 2.52. The van der Waals surface area contributed by atoms with E-state index in [-0.39, 0.29) is 11.3 Å². The lowest BCUT2D eigenvalue weighted by atomic mass is 9.76. The van der Waals surface area contributed by atoms with Crippen molar-refractivity contribution in [1.82, 2.24) is 4.98 Å². The van der Waals surface area contributed by atoms with Crippen LogP contribution < -0.4 is 0 Å². The maximum atomic E-state index is 11.9. The Hall–Kier alpha value is -1.52. The summed E-state index contributed by atoms with van der Waals surface area (Å²) in [7, 11) is 0. The molecule has 0 bridgehead atoms. The standard InChI is InChI=1S/C20H25NO3/c1-12(2)19-14(11-22)17(13-3-7-24-8-4-13)18-15(21-19)9-20(5-6-20)10-16(18)23/h3,11-12,16,23H,4-10H2,1-2H3. The van der Waals surface area contributed by atoms with Crippen LogP contribution in [0.15, 0.2) is 6.08 Å². The number of fused-ring (bicyclic) bond motifs is 1. The quantitative estimate of drug-likeness (QED) is 0.862. The second-order valence-corrected chi connectivity index (χ2v) is 7.87. The fourth-order valence-corrected chi connectivity index (χ4v) is 4.33.